The number of rotatable bonds is 2. The summed E-state index contributed by atoms with van der Waals surface area (Å²) in [7, 11) is 0. The smallest absolute Gasteiger partial charge is 0.257 e. The standard InChI is InChI=1S/C13H18N4OS/c1-8-11(9(2)17-16-8)14-13(19)15-12(18)10-6-4-3-5-7-10/h3-9,11,16-17H,1-2H3,(H2,14,15,18,19). The van der Waals surface area contributed by atoms with Gasteiger partial charge in [0.25, 0.3) is 5.91 Å². The second-order valence-electron chi connectivity index (χ2n) is 4.69. The summed E-state index contributed by atoms with van der Waals surface area (Å²) in [5.41, 5.74) is 6.84. The highest BCUT2D eigenvalue weighted by Gasteiger charge is 2.30. The fourth-order valence-corrected chi connectivity index (χ4v) is 2.31. The molecule has 0 radical (unpaired) electrons. The molecule has 0 bridgehead atoms. The Kier molecular flexibility index (Phi) is 4.47. The van der Waals surface area contributed by atoms with Crippen LogP contribution in [0.25, 0.3) is 0 Å². The minimum Gasteiger partial charge on any atom is -0.356 e. The maximum Gasteiger partial charge on any atom is 0.257 e. The summed E-state index contributed by atoms with van der Waals surface area (Å²) in [5.74, 6) is -0.197. The first-order valence-corrected chi connectivity index (χ1v) is 6.66. The number of carbonyl (C=O) groups excluding carboxylic acids is 1. The van der Waals surface area contributed by atoms with E-state index in [0.717, 1.165) is 0 Å². The van der Waals surface area contributed by atoms with Crippen molar-refractivity contribution in [3.05, 3.63) is 35.9 Å². The molecule has 4 N–H and O–H groups in total. The van der Waals surface area contributed by atoms with Crippen molar-refractivity contribution in [1.29, 1.82) is 0 Å². The third kappa shape index (κ3) is 3.50. The number of carbonyl (C=O) groups is 1. The molecule has 1 aliphatic rings. The zero-order valence-electron chi connectivity index (χ0n) is 10.9. The Morgan fingerprint density at radius 3 is 2.32 bits per heavy atom. The molecule has 0 saturated carbocycles. The van der Waals surface area contributed by atoms with E-state index in [-0.39, 0.29) is 24.0 Å². The molecule has 5 nitrogen and oxygen atoms in total. The largest absolute Gasteiger partial charge is 0.356 e. The number of benzene rings is 1. The Morgan fingerprint density at radius 2 is 1.74 bits per heavy atom. The summed E-state index contributed by atoms with van der Waals surface area (Å²) in [6.45, 7) is 4.10. The summed E-state index contributed by atoms with van der Waals surface area (Å²) < 4.78 is 0. The van der Waals surface area contributed by atoms with E-state index < -0.39 is 0 Å². The highest BCUT2D eigenvalue weighted by atomic mass is 32.1. The Balaban J connectivity index is 1.90. The molecule has 0 aliphatic carbocycles. The van der Waals surface area contributed by atoms with Gasteiger partial charge in [-0.05, 0) is 38.2 Å². The van der Waals surface area contributed by atoms with Gasteiger partial charge in [-0.3, -0.25) is 21.0 Å². The summed E-state index contributed by atoms with van der Waals surface area (Å²) in [6, 6.07) is 9.63. The van der Waals surface area contributed by atoms with Crippen molar-refractivity contribution in [3.8, 4) is 0 Å². The van der Waals surface area contributed by atoms with Crippen molar-refractivity contribution in [2.24, 2.45) is 0 Å². The molecule has 2 atom stereocenters. The molecule has 1 amide bonds. The average Bonchev–Trinajstić information content (AvgIpc) is 2.71. The van der Waals surface area contributed by atoms with Crippen molar-refractivity contribution in [3.63, 3.8) is 0 Å². The van der Waals surface area contributed by atoms with Crippen molar-refractivity contribution in [2.45, 2.75) is 32.0 Å². The summed E-state index contributed by atoms with van der Waals surface area (Å²) >= 11 is 5.17. The van der Waals surface area contributed by atoms with Crippen molar-refractivity contribution in [2.75, 3.05) is 0 Å². The van der Waals surface area contributed by atoms with Gasteiger partial charge < -0.3 is 5.32 Å². The van der Waals surface area contributed by atoms with Crippen LogP contribution in [0, 0.1) is 0 Å². The summed E-state index contributed by atoms with van der Waals surface area (Å²) in [4.78, 5) is 11.9. The normalized spacial score (nSPS) is 25.9. The molecule has 6 heteroatoms. The number of nitrogens with one attached hydrogen (secondary N) is 4. The minimum absolute atomic E-state index is 0.142. The number of hydrogen-bond donors (Lipinski definition) is 4. The SMILES string of the molecule is CC1NNC(C)C1NC(=S)NC(=O)c1ccccc1. The highest BCUT2D eigenvalue weighted by molar-refractivity contribution is 7.80. The summed E-state index contributed by atoms with van der Waals surface area (Å²) in [6.07, 6.45) is 0. The number of hydrogen-bond acceptors (Lipinski definition) is 4. The van der Waals surface area contributed by atoms with Crippen LogP contribution in [-0.2, 0) is 0 Å². The molecule has 2 unspecified atom stereocenters. The molecule has 1 saturated heterocycles. The lowest BCUT2D eigenvalue weighted by atomic mass is 10.1. The van der Waals surface area contributed by atoms with Crippen LogP contribution in [0.1, 0.15) is 24.2 Å². The predicted octanol–water partition coefficient (Wildman–Crippen LogP) is 0.544. The molecule has 1 fully saturated rings. The lowest BCUT2D eigenvalue weighted by Crippen LogP contribution is -2.51. The monoisotopic (exact) mass is 278 g/mol. The molecule has 0 aromatic heterocycles. The van der Waals surface area contributed by atoms with Crippen LogP contribution in [0.2, 0.25) is 0 Å². The molecule has 102 valence electrons. The lowest BCUT2D eigenvalue weighted by Gasteiger charge is -2.21. The van der Waals surface area contributed by atoms with Crippen LogP contribution in [0.5, 0.6) is 0 Å². The van der Waals surface area contributed by atoms with Gasteiger partial charge in [0, 0.05) is 17.6 Å². The third-order valence-electron chi connectivity index (χ3n) is 3.18. The van der Waals surface area contributed by atoms with Gasteiger partial charge in [0.2, 0.25) is 0 Å². The second-order valence-corrected chi connectivity index (χ2v) is 5.09. The van der Waals surface area contributed by atoms with Crippen LogP contribution in [0.4, 0.5) is 0 Å². The highest BCUT2D eigenvalue weighted by Crippen LogP contribution is 2.05. The Hall–Kier alpha value is -1.50. The zero-order chi connectivity index (χ0) is 13.8. The van der Waals surface area contributed by atoms with Crippen LogP contribution in [-0.4, -0.2) is 29.1 Å². The van der Waals surface area contributed by atoms with E-state index in [4.69, 9.17) is 12.2 Å². The topological polar surface area (TPSA) is 65.2 Å². The van der Waals surface area contributed by atoms with Crippen LogP contribution in [0.15, 0.2) is 30.3 Å². The van der Waals surface area contributed by atoms with Crippen molar-refractivity contribution in [1.82, 2.24) is 21.5 Å². The van der Waals surface area contributed by atoms with E-state index in [0.29, 0.717) is 10.7 Å². The van der Waals surface area contributed by atoms with E-state index in [9.17, 15) is 4.79 Å². The molecular weight excluding hydrogens is 260 g/mol. The Labute approximate surface area is 118 Å². The first-order chi connectivity index (χ1) is 9.08. The number of thiocarbonyl (C=S) groups is 1. The zero-order valence-corrected chi connectivity index (χ0v) is 11.8. The Bertz CT molecular complexity index is 455. The van der Waals surface area contributed by atoms with Crippen LogP contribution >= 0.6 is 12.2 Å². The quantitative estimate of drug-likeness (QED) is 0.595. The van der Waals surface area contributed by atoms with Gasteiger partial charge >= 0.3 is 0 Å². The van der Waals surface area contributed by atoms with Gasteiger partial charge in [-0.1, -0.05) is 18.2 Å². The maximum absolute atomic E-state index is 11.9. The number of hydrazine groups is 1. The third-order valence-corrected chi connectivity index (χ3v) is 3.40. The molecule has 1 aromatic rings. The average molecular weight is 278 g/mol. The first kappa shape index (κ1) is 13.9. The predicted molar refractivity (Wildman–Crippen MR) is 78.6 cm³/mol. The van der Waals surface area contributed by atoms with Gasteiger partial charge in [-0.25, -0.2) is 0 Å². The van der Waals surface area contributed by atoms with Gasteiger partial charge in [-0.2, -0.15) is 0 Å². The number of amides is 1. The fourth-order valence-electron chi connectivity index (χ4n) is 2.08. The van der Waals surface area contributed by atoms with Crippen molar-refractivity contribution < 1.29 is 4.79 Å². The van der Waals surface area contributed by atoms with E-state index in [1.807, 2.05) is 18.2 Å². The van der Waals surface area contributed by atoms with Crippen LogP contribution < -0.4 is 21.5 Å². The van der Waals surface area contributed by atoms with Crippen LogP contribution in [0.3, 0.4) is 0 Å². The van der Waals surface area contributed by atoms with Gasteiger partial charge in [0.1, 0.15) is 0 Å². The van der Waals surface area contributed by atoms with Crippen molar-refractivity contribution >= 4 is 23.2 Å². The van der Waals surface area contributed by atoms with E-state index in [2.05, 4.69) is 35.3 Å². The van der Waals surface area contributed by atoms with E-state index >= 15 is 0 Å². The van der Waals surface area contributed by atoms with Gasteiger partial charge in [0.15, 0.2) is 5.11 Å². The first-order valence-electron chi connectivity index (χ1n) is 6.26. The molecule has 2 rings (SSSR count). The fraction of sp³-hybridized carbons (Fsp3) is 0.385. The maximum atomic E-state index is 11.9. The second kappa shape index (κ2) is 6.10. The summed E-state index contributed by atoms with van der Waals surface area (Å²) in [5, 5.41) is 6.19. The van der Waals surface area contributed by atoms with Gasteiger partial charge in [0.05, 0.1) is 6.04 Å². The van der Waals surface area contributed by atoms with Gasteiger partial charge in [-0.15, -0.1) is 0 Å². The van der Waals surface area contributed by atoms with E-state index in [1.165, 1.54) is 0 Å². The molecular formula is C13H18N4OS. The molecule has 19 heavy (non-hydrogen) atoms. The minimum atomic E-state index is -0.197. The molecule has 1 heterocycles. The molecule has 1 aliphatic heterocycles. The van der Waals surface area contributed by atoms with E-state index in [1.54, 1.807) is 12.1 Å². The Morgan fingerprint density at radius 1 is 1.16 bits per heavy atom. The molecule has 1 aromatic carbocycles. The molecule has 0 spiro atoms. The lowest BCUT2D eigenvalue weighted by molar-refractivity contribution is 0.0976.